The van der Waals surface area contributed by atoms with Crippen LogP contribution in [0.5, 0.6) is 0 Å². The third-order valence-corrected chi connectivity index (χ3v) is 2.52. The van der Waals surface area contributed by atoms with Crippen molar-refractivity contribution < 1.29 is 9.32 Å². The molecule has 0 aliphatic rings. The van der Waals surface area contributed by atoms with Crippen molar-refractivity contribution >= 4 is 5.91 Å². The maximum Gasteiger partial charge on any atom is 0.292 e. The Bertz CT molecular complexity index is 351. The summed E-state index contributed by atoms with van der Waals surface area (Å²) in [4.78, 5) is 15.4. The Hall–Kier alpha value is -1.43. The molecule has 6 nitrogen and oxygen atoms in total. The molecule has 96 valence electrons. The predicted octanol–water partition coefficient (Wildman–Crippen LogP) is 0.737. The molecule has 0 bridgehead atoms. The van der Waals surface area contributed by atoms with Crippen molar-refractivity contribution in [1.82, 2.24) is 15.5 Å². The van der Waals surface area contributed by atoms with E-state index in [9.17, 15) is 4.79 Å². The number of carbonyl (C=O) groups is 1. The molecule has 6 heteroatoms. The molecule has 0 saturated heterocycles. The van der Waals surface area contributed by atoms with E-state index in [4.69, 9.17) is 10.3 Å². The molecule has 1 unspecified atom stereocenters. The molecule has 0 saturated carbocycles. The predicted molar refractivity (Wildman–Crippen MR) is 63.5 cm³/mol. The van der Waals surface area contributed by atoms with Gasteiger partial charge < -0.3 is 15.6 Å². The lowest BCUT2D eigenvalue weighted by Gasteiger charge is -2.06. The third kappa shape index (κ3) is 4.52. The van der Waals surface area contributed by atoms with Crippen LogP contribution in [0.3, 0.4) is 0 Å². The first-order chi connectivity index (χ1) is 8.17. The van der Waals surface area contributed by atoms with E-state index < -0.39 is 0 Å². The van der Waals surface area contributed by atoms with Crippen LogP contribution in [0.1, 0.15) is 43.2 Å². The summed E-state index contributed by atoms with van der Waals surface area (Å²) >= 11 is 0. The maximum absolute atomic E-state index is 11.4. The fourth-order valence-corrected chi connectivity index (χ4v) is 1.49. The summed E-state index contributed by atoms with van der Waals surface area (Å²) in [6.45, 7) is 5.22. The van der Waals surface area contributed by atoms with E-state index in [1.165, 1.54) is 0 Å². The zero-order chi connectivity index (χ0) is 12.7. The van der Waals surface area contributed by atoms with Crippen molar-refractivity contribution in [2.24, 2.45) is 11.7 Å². The third-order valence-electron chi connectivity index (χ3n) is 2.52. The highest BCUT2D eigenvalue weighted by atomic mass is 16.5. The van der Waals surface area contributed by atoms with Gasteiger partial charge in [0.2, 0.25) is 5.89 Å². The SMILES string of the molecule is CCNC(=O)c1noc(CCC(C)CCN)n1. The van der Waals surface area contributed by atoms with Crippen molar-refractivity contribution in [2.75, 3.05) is 13.1 Å². The number of aryl methyl sites for hydroxylation is 1. The van der Waals surface area contributed by atoms with Gasteiger partial charge in [0.25, 0.3) is 11.7 Å². The number of hydrogen-bond donors (Lipinski definition) is 2. The molecule has 1 atom stereocenters. The van der Waals surface area contributed by atoms with Gasteiger partial charge in [-0.25, -0.2) is 0 Å². The van der Waals surface area contributed by atoms with Crippen LogP contribution in [-0.4, -0.2) is 29.1 Å². The highest BCUT2D eigenvalue weighted by Crippen LogP contribution is 2.10. The van der Waals surface area contributed by atoms with Gasteiger partial charge in [0.1, 0.15) is 0 Å². The molecule has 0 aliphatic heterocycles. The molecular formula is C11H20N4O2. The lowest BCUT2D eigenvalue weighted by molar-refractivity contribution is 0.0942. The number of rotatable bonds is 7. The Balaban J connectivity index is 2.43. The zero-order valence-corrected chi connectivity index (χ0v) is 10.4. The van der Waals surface area contributed by atoms with E-state index >= 15 is 0 Å². The van der Waals surface area contributed by atoms with Crippen LogP contribution in [0, 0.1) is 5.92 Å². The molecule has 0 aromatic carbocycles. The van der Waals surface area contributed by atoms with E-state index in [2.05, 4.69) is 22.4 Å². The van der Waals surface area contributed by atoms with Gasteiger partial charge in [-0.15, -0.1) is 0 Å². The summed E-state index contributed by atoms with van der Waals surface area (Å²) in [5.74, 6) is 0.848. The van der Waals surface area contributed by atoms with Gasteiger partial charge in [-0.2, -0.15) is 4.98 Å². The minimum Gasteiger partial charge on any atom is -0.349 e. The Labute approximate surface area is 101 Å². The summed E-state index contributed by atoms with van der Waals surface area (Å²) in [7, 11) is 0. The number of nitrogens with one attached hydrogen (secondary N) is 1. The number of hydrogen-bond acceptors (Lipinski definition) is 5. The Morgan fingerprint density at radius 3 is 2.94 bits per heavy atom. The first-order valence-electron chi connectivity index (χ1n) is 5.98. The molecule has 1 heterocycles. The highest BCUT2D eigenvalue weighted by molar-refractivity contribution is 5.90. The lowest BCUT2D eigenvalue weighted by Crippen LogP contribution is -2.23. The van der Waals surface area contributed by atoms with Gasteiger partial charge in [-0.1, -0.05) is 12.1 Å². The van der Waals surface area contributed by atoms with Gasteiger partial charge in [0, 0.05) is 13.0 Å². The van der Waals surface area contributed by atoms with Crippen LogP contribution in [0.2, 0.25) is 0 Å². The first-order valence-corrected chi connectivity index (χ1v) is 5.98. The van der Waals surface area contributed by atoms with E-state index in [1.54, 1.807) is 0 Å². The van der Waals surface area contributed by atoms with Gasteiger partial charge in [0.05, 0.1) is 0 Å². The largest absolute Gasteiger partial charge is 0.349 e. The van der Waals surface area contributed by atoms with Crippen LogP contribution in [0.4, 0.5) is 0 Å². The van der Waals surface area contributed by atoms with E-state index in [0.29, 0.717) is 31.3 Å². The summed E-state index contributed by atoms with van der Waals surface area (Å²) in [6, 6.07) is 0. The van der Waals surface area contributed by atoms with Crippen LogP contribution < -0.4 is 11.1 Å². The first kappa shape index (κ1) is 13.6. The van der Waals surface area contributed by atoms with Crippen LogP contribution in [0.15, 0.2) is 4.52 Å². The van der Waals surface area contributed by atoms with Gasteiger partial charge in [-0.3, -0.25) is 4.79 Å². The summed E-state index contributed by atoms with van der Waals surface area (Å²) in [6.07, 6.45) is 2.61. The summed E-state index contributed by atoms with van der Waals surface area (Å²) < 4.78 is 5.01. The van der Waals surface area contributed by atoms with Crippen LogP contribution >= 0.6 is 0 Å². The van der Waals surface area contributed by atoms with Crippen molar-refractivity contribution in [3.05, 3.63) is 11.7 Å². The van der Waals surface area contributed by atoms with Crippen molar-refractivity contribution in [3.8, 4) is 0 Å². The van der Waals surface area contributed by atoms with Gasteiger partial charge >= 0.3 is 0 Å². The molecule has 0 aliphatic carbocycles. The average Bonchev–Trinajstić information content (AvgIpc) is 2.76. The molecule has 1 amide bonds. The highest BCUT2D eigenvalue weighted by Gasteiger charge is 2.14. The van der Waals surface area contributed by atoms with Crippen molar-refractivity contribution in [1.29, 1.82) is 0 Å². The van der Waals surface area contributed by atoms with Gasteiger partial charge in [-0.05, 0) is 32.2 Å². The second kappa shape index (κ2) is 7.01. The average molecular weight is 240 g/mol. The van der Waals surface area contributed by atoms with Crippen molar-refractivity contribution in [2.45, 2.75) is 33.1 Å². The van der Waals surface area contributed by atoms with Crippen LogP contribution in [-0.2, 0) is 6.42 Å². The maximum atomic E-state index is 11.4. The standard InChI is InChI=1S/C11H20N4O2/c1-3-13-11(16)10-14-9(17-15-10)5-4-8(2)6-7-12/h8H,3-7,12H2,1-2H3,(H,13,16). The Morgan fingerprint density at radius 1 is 1.53 bits per heavy atom. The molecule has 17 heavy (non-hydrogen) atoms. The fourth-order valence-electron chi connectivity index (χ4n) is 1.49. The topological polar surface area (TPSA) is 94.0 Å². The number of aromatic nitrogens is 2. The van der Waals surface area contributed by atoms with E-state index in [0.717, 1.165) is 12.8 Å². The molecule has 0 radical (unpaired) electrons. The van der Waals surface area contributed by atoms with Crippen molar-refractivity contribution in [3.63, 3.8) is 0 Å². The molecule has 1 aromatic heterocycles. The second-order valence-corrected chi connectivity index (χ2v) is 4.09. The molecule has 0 fully saturated rings. The van der Waals surface area contributed by atoms with E-state index in [-0.39, 0.29) is 11.7 Å². The summed E-state index contributed by atoms with van der Waals surface area (Å²) in [5, 5.41) is 6.26. The monoisotopic (exact) mass is 240 g/mol. The smallest absolute Gasteiger partial charge is 0.292 e. The number of carbonyl (C=O) groups excluding carboxylic acids is 1. The second-order valence-electron chi connectivity index (χ2n) is 4.09. The number of nitrogens with two attached hydrogens (primary N) is 1. The lowest BCUT2D eigenvalue weighted by atomic mass is 10.0. The fraction of sp³-hybridized carbons (Fsp3) is 0.727. The molecule has 1 aromatic rings. The zero-order valence-electron chi connectivity index (χ0n) is 10.4. The normalized spacial score (nSPS) is 12.4. The molecular weight excluding hydrogens is 220 g/mol. The molecule has 0 spiro atoms. The number of amides is 1. The minimum absolute atomic E-state index is 0.105. The van der Waals surface area contributed by atoms with Crippen LogP contribution in [0.25, 0.3) is 0 Å². The van der Waals surface area contributed by atoms with Gasteiger partial charge in [0.15, 0.2) is 0 Å². The molecule has 3 N–H and O–H groups in total. The molecule has 1 rings (SSSR count). The minimum atomic E-state index is -0.294. The number of nitrogens with zero attached hydrogens (tertiary/aromatic N) is 2. The quantitative estimate of drug-likeness (QED) is 0.733. The Morgan fingerprint density at radius 2 is 2.29 bits per heavy atom. The summed E-state index contributed by atoms with van der Waals surface area (Å²) in [5.41, 5.74) is 5.47. The van der Waals surface area contributed by atoms with E-state index in [1.807, 2.05) is 6.92 Å². The Kier molecular flexibility index (Phi) is 5.62.